The van der Waals surface area contributed by atoms with Crippen molar-refractivity contribution in [1.29, 1.82) is 0 Å². The molecule has 0 saturated carbocycles. The van der Waals surface area contributed by atoms with Gasteiger partial charge in [0.25, 0.3) is 0 Å². The molecule has 1 N–H and O–H groups in total. The maximum absolute atomic E-state index is 13.1. The van der Waals surface area contributed by atoms with E-state index in [1.165, 1.54) is 24.8 Å². The van der Waals surface area contributed by atoms with E-state index < -0.39 is 0 Å². The van der Waals surface area contributed by atoms with Crippen LogP contribution in [0.25, 0.3) is 0 Å². The first-order chi connectivity index (χ1) is 17.5. The van der Waals surface area contributed by atoms with Crippen LogP contribution in [0.1, 0.15) is 54.9 Å². The second-order valence-corrected chi connectivity index (χ2v) is 10.1. The van der Waals surface area contributed by atoms with Gasteiger partial charge in [0.1, 0.15) is 5.82 Å². The van der Waals surface area contributed by atoms with Crippen LogP contribution >= 0.6 is 0 Å². The number of hydrogen-bond donors (Lipinski definition) is 1. The number of carbonyl (C=O) groups is 2. The minimum Gasteiger partial charge on any atom is -0.462 e. The number of rotatable bonds is 8. The number of piperidine rings is 2. The molecular weight excluding hydrogens is 457 g/mol. The molecule has 194 valence electrons. The molecule has 2 aliphatic rings. The first-order valence-electron chi connectivity index (χ1n) is 13.3. The summed E-state index contributed by atoms with van der Waals surface area (Å²) in [7, 11) is 0. The summed E-state index contributed by atoms with van der Waals surface area (Å²) in [6.45, 7) is 6.99. The Hall–Kier alpha value is -2.93. The van der Waals surface area contributed by atoms with E-state index in [-0.39, 0.29) is 17.8 Å². The molecule has 0 radical (unpaired) electrons. The highest BCUT2D eigenvalue weighted by atomic mass is 19.1. The summed E-state index contributed by atoms with van der Waals surface area (Å²) in [5.41, 5.74) is 2.39. The van der Waals surface area contributed by atoms with Gasteiger partial charge in [0.2, 0.25) is 0 Å². The number of esters is 1. The number of nitrogens with one attached hydrogen (secondary N) is 1. The van der Waals surface area contributed by atoms with Gasteiger partial charge in [0, 0.05) is 18.8 Å². The fraction of sp³-hybridized carbons (Fsp3) is 0.517. The molecule has 0 aliphatic carbocycles. The molecule has 2 aromatic carbocycles. The zero-order chi connectivity index (χ0) is 25.3. The Labute approximate surface area is 213 Å². The highest BCUT2D eigenvalue weighted by molar-refractivity contribution is 5.92. The van der Waals surface area contributed by atoms with Crippen LogP contribution in [0.4, 0.5) is 14.9 Å². The van der Waals surface area contributed by atoms with Crippen LogP contribution in [0, 0.1) is 17.7 Å². The van der Waals surface area contributed by atoms with Gasteiger partial charge in [0.15, 0.2) is 0 Å². The van der Waals surface area contributed by atoms with E-state index in [0.29, 0.717) is 29.7 Å². The van der Waals surface area contributed by atoms with Crippen molar-refractivity contribution in [3.05, 3.63) is 65.5 Å². The summed E-state index contributed by atoms with van der Waals surface area (Å²) in [5.74, 6) is 0.669. The summed E-state index contributed by atoms with van der Waals surface area (Å²) >= 11 is 0. The first kappa shape index (κ1) is 26.1. The Bertz CT molecular complexity index is 988. The smallest absolute Gasteiger partial charge is 0.338 e. The molecule has 2 heterocycles. The number of urea groups is 1. The lowest BCUT2D eigenvalue weighted by Gasteiger charge is -2.36. The van der Waals surface area contributed by atoms with Gasteiger partial charge in [-0.3, -0.25) is 0 Å². The molecule has 0 bridgehead atoms. The molecule has 2 saturated heterocycles. The summed E-state index contributed by atoms with van der Waals surface area (Å²) in [6.07, 6.45) is 6.71. The number of nitrogens with zero attached hydrogens (tertiary/aromatic N) is 2. The van der Waals surface area contributed by atoms with Gasteiger partial charge in [-0.25, -0.2) is 14.0 Å². The molecule has 0 spiro atoms. The Balaban J connectivity index is 1.17. The van der Waals surface area contributed by atoms with Gasteiger partial charge in [0.05, 0.1) is 12.2 Å². The molecule has 36 heavy (non-hydrogen) atoms. The lowest BCUT2D eigenvalue weighted by atomic mass is 9.89. The predicted molar refractivity (Wildman–Crippen MR) is 140 cm³/mol. The average molecular weight is 496 g/mol. The van der Waals surface area contributed by atoms with E-state index in [1.54, 1.807) is 43.3 Å². The second-order valence-electron chi connectivity index (χ2n) is 10.1. The van der Waals surface area contributed by atoms with Gasteiger partial charge >= 0.3 is 12.0 Å². The van der Waals surface area contributed by atoms with Crippen molar-refractivity contribution in [3.63, 3.8) is 0 Å². The summed E-state index contributed by atoms with van der Waals surface area (Å²) in [6, 6.07) is 13.7. The number of benzene rings is 2. The third-order valence-corrected chi connectivity index (χ3v) is 7.45. The van der Waals surface area contributed by atoms with Crippen LogP contribution in [0.5, 0.6) is 0 Å². The Morgan fingerprint density at radius 2 is 1.69 bits per heavy atom. The molecule has 1 atom stereocenters. The maximum atomic E-state index is 13.1. The number of amides is 2. The largest absolute Gasteiger partial charge is 0.462 e. The summed E-state index contributed by atoms with van der Waals surface area (Å²) in [5, 5.41) is 2.97. The number of halogens is 1. The monoisotopic (exact) mass is 495 g/mol. The summed E-state index contributed by atoms with van der Waals surface area (Å²) < 4.78 is 18.1. The molecule has 0 aromatic heterocycles. The molecule has 4 rings (SSSR count). The van der Waals surface area contributed by atoms with Crippen molar-refractivity contribution in [2.45, 2.75) is 45.4 Å². The molecular formula is C29H38FN3O3. The van der Waals surface area contributed by atoms with Crippen molar-refractivity contribution < 1.29 is 18.7 Å². The molecule has 2 aromatic rings. The molecule has 1 unspecified atom stereocenters. The van der Waals surface area contributed by atoms with Gasteiger partial charge in [-0.05, 0) is 119 Å². The van der Waals surface area contributed by atoms with E-state index in [0.717, 1.165) is 52.0 Å². The second kappa shape index (κ2) is 12.9. The SMILES string of the molecule is CCOC(=O)c1ccc(NC(=O)N2CCCC(CCN3CCC(Cc4ccc(F)cc4)CC3)C2)cc1. The molecule has 2 fully saturated rings. The molecule has 2 aliphatic heterocycles. The van der Waals surface area contributed by atoms with Crippen molar-refractivity contribution in [2.75, 3.05) is 44.6 Å². The van der Waals surface area contributed by atoms with E-state index >= 15 is 0 Å². The Kier molecular flexibility index (Phi) is 9.34. The summed E-state index contributed by atoms with van der Waals surface area (Å²) in [4.78, 5) is 29.1. The molecule has 2 amide bonds. The normalized spacial score (nSPS) is 19.2. The minimum atomic E-state index is -0.355. The van der Waals surface area contributed by atoms with Crippen LogP contribution in [-0.2, 0) is 11.2 Å². The number of hydrogen-bond acceptors (Lipinski definition) is 4. The van der Waals surface area contributed by atoms with Crippen molar-refractivity contribution in [2.24, 2.45) is 11.8 Å². The van der Waals surface area contributed by atoms with Crippen molar-refractivity contribution in [3.8, 4) is 0 Å². The van der Waals surface area contributed by atoms with Crippen LogP contribution < -0.4 is 5.32 Å². The third-order valence-electron chi connectivity index (χ3n) is 7.45. The fourth-order valence-corrected chi connectivity index (χ4v) is 5.32. The van der Waals surface area contributed by atoms with Crippen LogP contribution in [0.15, 0.2) is 48.5 Å². The van der Waals surface area contributed by atoms with Crippen LogP contribution in [0.3, 0.4) is 0 Å². The Morgan fingerprint density at radius 3 is 2.39 bits per heavy atom. The van der Waals surface area contributed by atoms with Gasteiger partial charge in [-0.15, -0.1) is 0 Å². The number of likely N-dealkylation sites (tertiary alicyclic amines) is 2. The van der Waals surface area contributed by atoms with E-state index in [4.69, 9.17) is 4.74 Å². The zero-order valence-corrected chi connectivity index (χ0v) is 21.3. The minimum absolute atomic E-state index is 0.0785. The zero-order valence-electron chi connectivity index (χ0n) is 21.3. The highest BCUT2D eigenvalue weighted by Gasteiger charge is 2.25. The highest BCUT2D eigenvalue weighted by Crippen LogP contribution is 2.25. The topological polar surface area (TPSA) is 61.9 Å². The average Bonchev–Trinajstić information content (AvgIpc) is 2.90. The predicted octanol–water partition coefficient (Wildman–Crippen LogP) is 5.59. The van der Waals surface area contributed by atoms with E-state index in [1.807, 2.05) is 17.0 Å². The standard InChI is InChI=1S/C29H38FN3O3/c1-2-36-28(34)25-7-11-27(12-8-25)31-29(35)33-16-3-4-24(21-33)15-19-32-17-13-23(14-18-32)20-22-5-9-26(30)10-6-22/h5-12,23-24H,2-4,13-21H2,1H3,(H,31,35). The number of ether oxygens (including phenoxy) is 1. The van der Waals surface area contributed by atoms with Crippen molar-refractivity contribution >= 4 is 17.7 Å². The van der Waals surface area contributed by atoms with E-state index in [2.05, 4.69) is 10.2 Å². The van der Waals surface area contributed by atoms with Crippen molar-refractivity contribution in [1.82, 2.24) is 9.80 Å². The van der Waals surface area contributed by atoms with E-state index in [9.17, 15) is 14.0 Å². The number of carbonyl (C=O) groups excluding carboxylic acids is 2. The maximum Gasteiger partial charge on any atom is 0.338 e. The molecule has 7 heteroatoms. The van der Waals surface area contributed by atoms with Gasteiger partial charge in [-0.2, -0.15) is 0 Å². The lowest BCUT2D eigenvalue weighted by molar-refractivity contribution is 0.0526. The number of anilines is 1. The van der Waals surface area contributed by atoms with Crippen LogP contribution in [-0.4, -0.2) is 61.1 Å². The van der Waals surface area contributed by atoms with Gasteiger partial charge in [-0.1, -0.05) is 12.1 Å². The molecule has 6 nitrogen and oxygen atoms in total. The van der Waals surface area contributed by atoms with Crippen LogP contribution in [0.2, 0.25) is 0 Å². The quantitative estimate of drug-likeness (QED) is 0.485. The van der Waals surface area contributed by atoms with Gasteiger partial charge < -0.3 is 19.9 Å². The lowest BCUT2D eigenvalue weighted by Crippen LogP contribution is -2.43. The Morgan fingerprint density at radius 1 is 0.972 bits per heavy atom. The fourth-order valence-electron chi connectivity index (χ4n) is 5.32. The third kappa shape index (κ3) is 7.53. The first-order valence-corrected chi connectivity index (χ1v) is 13.3.